The highest BCUT2D eigenvalue weighted by molar-refractivity contribution is 5.57. The van der Waals surface area contributed by atoms with Crippen LogP contribution in [0.15, 0.2) is 16.7 Å². The molecule has 0 unspecified atom stereocenters. The molecule has 0 N–H and O–H groups in total. The van der Waals surface area contributed by atoms with E-state index in [2.05, 4.69) is 14.7 Å². The van der Waals surface area contributed by atoms with Crippen molar-refractivity contribution in [3.8, 4) is 11.4 Å². The van der Waals surface area contributed by atoms with Crippen molar-refractivity contribution in [2.24, 2.45) is 0 Å². The summed E-state index contributed by atoms with van der Waals surface area (Å²) >= 11 is 0. The van der Waals surface area contributed by atoms with Crippen LogP contribution in [0.1, 0.15) is 17.0 Å². The second-order valence-electron chi connectivity index (χ2n) is 3.84. The Morgan fingerprint density at radius 2 is 1.72 bits per heavy atom. The first kappa shape index (κ1) is 12.5. The lowest BCUT2D eigenvalue weighted by molar-refractivity contribution is -0.159. The van der Waals surface area contributed by atoms with Gasteiger partial charge in [-0.2, -0.15) is 18.2 Å². The molecule has 1 aromatic carbocycles. The van der Waals surface area contributed by atoms with E-state index in [9.17, 15) is 17.6 Å². The Kier molecular flexibility index (Phi) is 2.84. The number of hydrogen-bond donors (Lipinski definition) is 0. The zero-order valence-electron chi connectivity index (χ0n) is 9.47. The Morgan fingerprint density at radius 1 is 1.11 bits per heavy atom. The van der Waals surface area contributed by atoms with Gasteiger partial charge < -0.3 is 4.52 Å². The van der Waals surface area contributed by atoms with Gasteiger partial charge in [0.05, 0.1) is 5.56 Å². The standard InChI is InChI=1S/C11H8F4N2O/c1-5-3-7(8(12)4-6(5)2)9-16-10(18-17-9)11(13,14)15/h3-4H,1-2H3. The van der Waals surface area contributed by atoms with E-state index >= 15 is 0 Å². The summed E-state index contributed by atoms with van der Waals surface area (Å²) < 4.78 is 54.5. The zero-order valence-corrected chi connectivity index (χ0v) is 9.47. The molecule has 0 saturated carbocycles. The van der Waals surface area contributed by atoms with Crippen LogP contribution in [0.3, 0.4) is 0 Å². The third-order valence-electron chi connectivity index (χ3n) is 2.49. The molecule has 1 heterocycles. The van der Waals surface area contributed by atoms with Crippen molar-refractivity contribution in [2.45, 2.75) is 20.0 Å². The van der Waals surface area contributed by atoms with E-state index in [0.29, 0.717) is 5.56 Å². The van der Waals surface area contributed by atoms with E-state index in [1.807, 2.05) is 0 Å². The molecule has 0 aliphatic heterocycles. The van der Waals surface area contributed by atoms with Crippen molar-refractivity contribution < 1.29 is 22.1 Å². The van der Waals surface area contributed by atoms with Gasteiger partial charge in [-0.25, -0.2) is 4.39 Å². The molecule has 0 amide bonds. The van der Waals surface area contributed by atoms with Gasteiger partial charge in [-0.15, -0.1) is 0 Å². The molecule has 18 heavy (non-hydrogen) atoms. The summed E-state index contributed by atoms with van der Waals surface area (Å²) in [6.45, 7) is 3.41. The Balaban J connectivity index is 2.50. The lowest BCUT2D eigenvalue weighted by Gasteiger charge is -2.03. The Bertz CT molecular complexity index is 589. The van der Waals surface area contributed by atoms with Gasteiger partial charge in [0, 0.05) is 0 Å². The highest BCUT2D eigenvalue weighted by Gasteiger charge is 2.38. The van der Waals surface area contributed by atoms with Crippen LogP contribution in [-0.4, -0.2) is 10.1 Å². The predicted octanol–water partition coefficient (Wildman–Crippen LogP) is 3.51. The van der Waals surface area contributed by atoms with Crippen molar-refractivity contribution in [3.05, 3.63) is 35.0 Å². The molecule has 0 radical (unpaired) electrons. The first-order valence-corrected chi connectivity index (χ1v) is 4.97. The van der Waals surface area contributed by atoms with E-state index in [0.717, 1.165) is 5.56 Å². The highest BCUT2D eigenvalue weighted by Crippen LogP contribution is 2.30. The van der Waals surface area contributed by atoms with Gasteiger partial charge in [0.15, 0.2) is 0 Å². The van der Waals surface area contributed by atoms with Crippen molar-refractivity contribution >= 4 is 0 Å². The van der Waals surface area contributed by atoms with Crippen molar-refractivity contribution in [3.63, 3.8) is 0 Å². The number of benzene rings is 1. The molecular formula is C11H8F4N2O. The van der Waals surface area contributed by atoms with E-state index in [1.54, 1.807) is 13.8 Å². The summed E-state index contributed by atoms with van der Waals surface area (Å²) in [6.07, 6.45) is -4.73. The van der Waals surface area contributed by atoms with Crippen LogP contribution in [-0.2, 0) is 6.18 Å². The average Bonchev–Trinajstić information content (AvgIpc) is 2.72. The molecule has 2 aromatic rings. The molecule has 3 nitrogen and oxygen atoms in total. The van der Waals surface area contributed by atoms with E-state index in [1.165, 1.54) is 12.1 Å². The van der Waals surface area contributed by atoms with Crippen LogP contribution in [0.25, 0.3) is 11.4 Å². The fourth-order valence-corrected chi connectivity index (χ4v) is 1.40. The first-order valence-electron chi connectivity index (χ1n) is 4.97. The van der Waals surface area contributed by atoms with Gasteiger partial charge in [-0.1, -0.05) is 5.16 Å². The minimum Gasteiger partial charge on any atom is -0.329 e. The molecule has 1 aromatic heterocycles. The second kappa shape index (κ2) is 4.08. The summed E-state index contributed by atoms with van der Waals surface area (Å²) in [4.78, 5) is 3.14. The Hall–Kier alpha value is -1.92. The van der Waals surface area contributed by atoms with Crippen molar-refractivity contribution in [1.29, 1.82) is 0 Å². The molecule has 0 atom stereocenters. The molecule has 0 bridgehead atoms. The van der Waals surface area contributed by atoms with Crippen LogP contribution in [0.4, 0.5) is 17.6 Å². The van der Waals surface area contributed by atoms with Gasteiger partial charge in [0.2, 0.25) is 5.82 Å². The topological polar surface area (TPSA) is 38.9 Å². The van der Waals surface area contributed by atoms with Crippen LogP contribution < -0.4 is 0 Å². The average molecular weight is 260 g/mol. The van der Waals surface area contributed by atoms with Crippen LogP contribution in [0, 0.1) is 19.7 Å². The molecule has 0 spiro atoms. The highest BCUT2D eigenvalue weighted by atomic mass is 19.4. The van der Waals surface area contributed by atoms with Gasteiger partial charge in [-0.05, 0) is 37.1 Å². The third-order valence-corrected chi connectivity index (χ3v) is 2.49. The molecule has 0 saturated heterocycles. The fraction of sp³-hybridized carbons (Fsp3) is 0.273. The summed E-state index contributed by atoms with van der Waals surface area (Å²) in [5.41, 5.74) is 1.30. The van der Waals surface area contributed by atoms with Crippen LogP contribution in [0.2, 0.25) is 0 Å². The molecular weight excluding hydrogens is 252 g/mol. The van der Waals surface area contributed by atoms with Crippen molar-refractivity contribution in [2.75, 3.05) is 0 Å². The smallest absolute Gasteiger partial charge is 0.329 e. The lowest BCUT2D eigenvalue weighted by Crippen LogP contribution is -2.05. The van der Waals surface area contributed by atoms with Gasteiger partial charge in [-0.3, -0.25) is 0 Å². The number of hydrogen-bond acceptors (Lipinski definition) is 3. The number of nitrogens with zero attached hydrogens (tertiary/aromatic N) is 2. The molecule has 0 aliphatic rings. The second-order valence-corrected chi connectivity index (χ2v) is 3.84. The summed E-state index contributed by atoms with van der Waals surface area (Å²) in [5.74, 6) is -2.59. The Labute approximate surface area is 99.4 Å². The van der Waals surface area contributed by atoms with E-state index in [-0.39, 0.29) is 5.56 Å². The number of rotatable bonds is 1. The van der Waals surface area contributed by atoms with Crippen LogP contribution >= 0.6 is 0 Å². The maximum absolute atomic E-state index is 13.6. The largest absolute Gasteiger partial charge is 0.471 e. The maximum atomic E-state index is 13.6. The van der Waals surface area contributed by atoms with Gasteiger partial charge >= 0.3 is 12.1 Å². The molecule has 0 fully saturated rings. The molecule has 0 aliphatic carbocycles. The normalized spacial score (nSPS) is 11.9. The number of aryl methyl sites for hydroxylation is 2. The van der Waals surface area contributed by atoms with Crippen LogP contribution in [0.5, 0.6) is 0 Å². The third kappa shape index (κ3) is 2.20. The summed E-state index contributed by atoms with van der Waals surface area (Å²) in [6, 6.07) is 2.60. The van der Waals surface area contributed by atoms with E-state index < -0.39 is 23.7 Å². The van der Waals surface area contributed by atoms with Crippen molar-refractivity contribution in [1.82, 2.24) is 10.1 Å². The SMILES string of the molecule is Cc1cc(F)c(-c2noc(C(F)(F)F)n2)cc1C. The quantitative estimate of drug-likeness (QED) is 0.736. The number of aromatic nitrogens is 2. The number of halogens is 4. The maximum Gasteiger partial charge on any atom is 0.471 e. The number of alkyl halides is 3. The first-order chi connectivity index (χ1) is 8.29. The monoisotopic (exact) mass is 260 g/mol. The van der Waals surface area contributed by atoms with E-state index in [4.69, 9.17) is 0 Å². The summed E-state index contributed by atoms with van der Waals surface area (Å²) in [7, 11) is 0. The summed E-state index contributed by atoms with van der Waals surface area (Å²) in [5, 5.41) is 3.14. The molecule has 2 rings (SSSR count). The zero-order chi connectivity index (χ0) is 13.5. The molecule has 7 heteroatoms. The predicted molar refractivity (Wildman–Crippen MR) is 54.2 cm³/mol. The minimum atomic E-state index is -4.73. The Morgan fingerprint density at radius 3 is 2.28 bits per heavy atom. The minimum absolute atomic E-state index is 0.114. The lowest BCUT2D eigenvalue weighted by atomic mass is 10.1. The van der Waals surface area contributed by atoms with Gasteiger partial charge in [0.25, 0.3) is 0 Å². The van der Waals surface area contributed by atoms with Gasteiger partial charge in [0.1, 0.15) is 5.82 Å². The fourth-order valence-electron chi connectivity index (χ4n) is 1.40. The molecule has 96 valence electrons.